The first kappa shape index (κ1) is 23.9. The second-order valence-electron chi connectivity index (χ2n) is 10.4. The summed E-state index contributed by atoms with van der Waals surface area (Å²) in [7, 11) is 1.72. The molecule has 0 radical (unpaired) electrons. The number of fused-ring (bicyclic) bond motifs is 5. The Morgan fingerprint density at radius 1 is 0.838 bits per heavy atom. The summed E-state index contributed by atoms with van der Waals surface area (Å²) in [5.41, 5.74) is 7.52. The van der Waals surface area contributed by atoms with Crippen molar-refractivity contribution in [2.24, 2.45) is 0 Å². The van der Waals surface area contributed by atoms with E-state index in [1.807, 2.05) is 18.2 Å². The number of likely N-dealkylation sites (tertiary alicyclic amines) is 1. The van der Waals surface area contributed by atoms with E-state index >= 15 is 0 Å². The fourth-order valence-corrected chi connectivity index (χ4v) is 6.06. The average Bonchev–Trinajstić information content (AvgIpc) is 3.06. The van der Waals surface area contributed by atoms with Crippen LogP contribution >= 0.6 is 0 Å². The van der Waals surface area contributed by atoms with Crippen LogP contribution in [0, 0.1) is 0 Å². The van der Waals surface area contributed by atoms with Gasteiger partial charge in [0.25, 0.3) is 0 Å². The minimum Gasteiger partial charge on any atom is -0.508 e. The van der Waals surface area contributed by atoms with Gasteiger partial charge in [0, 0.05) is 29.6 Å². The van der Waals surface area contributed by atoms with Crippen LogP contribution in [0.25, 0.3) is 22.2 Å². The van der Waals surface area contributed by atoms with Crippen LogP contribution in [0.4, 0.5) is 0 Å². The third kappa shape index (κ3) is 4.93. The van der Waals surface area contributed by atoms with Gasteiger partial charge in [0.1, 0.15) is 23.9 Å². The first-order valence-corrected chi connectivity index (χ1v) is 13.6. The predicted molar refractivity (Wildman–Crippen MR) is 149 cm³/mol. The summed E-state index contributed by atoms with van der Waals surface area (Å²) in [5.74, 6) is 2.14. The molecule has 37 heavy (non-hydrogen) atoms. The van der Waals surface area contributed by atoms with Crippen molar-refractivity contribution < 1.29 is 14.6 Å². The molecule has 1 fully saturated rings. The maximum absolute atomic E-state index is 10.3. The van der Waals surface area contributed by atoms with Crippen LogP contribution in [0.15, 0.2) is 60.7 Å². The summed E-state index contributed by atoms with van der Waals surface area (Å²) in [6, 6.07) is 20.7. The Kier molecular flexibility index (Phi) is 6.79. The van der Waals surface area contributed by atoms with Crippen molar-refractivity contribution in [2.75, 3.05) is 33.4 Å². The number of rotatable bonds is 7. The van der Waals surface area contributed by atoms with E-state index in [4.69, 9.17) is 9.47 Å². The molecule has 192 valence electrons. The number of aryl methyl sites for hydroxylation is 2. The zero-order valence-corrected chi connectivity index (χ0v) is 21.7. The highest BCUT2D eigenvalue weighted by molar-refractivity contribution is 5.94. The van der Waals surface area contributed by atoms with E-state index in [2.05, 4.69) is 45.9 Å². The largest absolute Gasteiger partial charge is 0.508 e. The molecule has 3 aromatic carbocycles. The van der Waals surface area contributed by atoms with Crippen LogP contribution in [0.1, 0.15) is 42.4 Å². The van der Waals surface area contributed by atoms with Crippen molar-refractivity contribution in [3.8, 4) is 28.5 Å². The van der Waals surface area contributed by atoms with Gasteiger partial charge in [0.05, 0.1) is 12.8 Å². The molecule has 1 saturated heterocycles. The third-order valence-electron chi connectivity index (χ3n) is 8.00. The fraction of sp³-hybridized carbons (Fsp3) is 0.375. The van der Waals surface area contributed by atoms with Crippen LogP contribution in [0.2, 0.25) is 0 Å². The minimum atomic E-state index is 0.314. The van der Waals surface area contributed by atoms with E-state index in [9.17, 15) is 5.11 Å². The number of aromatic hydroxyl groups is 1. The predicted octanol–water partition coefficient (Wildman–Crippen LogP) is 6.42. The van der Waals surface area contributed by atoms with Crippen LogP contribution in [0.3, 0.4) is 0 Å². The van der Waals surface area contributed by atoms with Gasteiger partial charge in [-0.3, -0.25) is 4.90 Å². The normalized spacial score (nSPS) is 15.7. The standard InChI is InChI=1S/C32H36N2O3/c1-36-27-12-14-28-24(20-27)8-13-29-30-21-25(35)9-15-31(30)34(32(28)29)22-23-6-10-26(11-7-23)37-19-18-33-16-4-2-3-5-17-33/h6-7,9-12,14-15,20-21,35H,2-5,8,13,16-19,22H2,1H3. The Morgan fingerprint density at radius 2 is 1.62 bits per heavy atom. The van der Waals surface area contributed by atoms with Gasteiger partial charge < -0.3 is 19.1 Å². The molecule has 1 aliphatic heterocycles. The van der Waals surface area contributed by atoms with Crippen LogP contribution in [-0.4, -0.2) is 47.9 Å². The van der Waals surface area contributed by atoms with E-state index in [0.717, 1.165) is 54.9 Å². The number of phenolic OH excluding ortho intramolecular Hbond substituents is 1. The molecule has 1 aliphatic carbocycles. The number of hydrogen-bond donors (Lipinski definition) is 1. The van der Waals surface area contributed by atoms with E-state index in [1.165, 1.54) is 66.7 Å². The Labute approximate surface area is 219 Å². The van der Waals surface area contributed by atoms with E-state index < -0.39 is 0 Å². The molecule has 0 saturated carbocycles. The third-order valence-corrected chi connectivity index (χ3v) is 8.00. The summed E-state index contributed by atoms with van der Waals surface area (Å²) in [4.78, 5) is 2.53. The van der Waals surface area contributed by atoms with Crippen LogP contribution < -0.4 is 9.47 Å². The quantitative estimate of drug-likeness (QED) is 0.321. The molecule has 0 bridgehead atoms. The number of phenols is 1. The van der Waals surface area contributed by atoms with E-state index in [0.29, 0.717) is 5.75 Å². The number of aromatic nitrogens is 1. The van der Waals surface area contributed by atoms with Gasteiger partial charge in [-0.25, -0.2) is 0 Å². The smallest absolute Gasteiger partial charge is 0.119 e. The molecule has 0 spiro atoms. The second kappa shape index (κ2) is 10.5. The molecule has 5 heteroatoms. The number of benzene rings is 3. The molecular weight excluding hydrogens is 460 g/mol. The van der Waals surface area contributed by atoms with Gasteiger partial charge in [-0.15, -0.1) is 0 Å². The molecule has 2 aliphatic rings. The highest BCUT2D eigenvalue weighted by Crippen LogP contribution is 2.42. The SMILES string of the molecule is COc1ccc2c(c1)CCc1c-2n(Cc2ccc(OCCN3CCCCCC3)cc2)c2ccc(O)cc12. The maximum Gasteiger partial charge on any atom is 0.119 e. The molecule has 1 aromatic heterocycles. The molecule has 5 nitrogen and oxygen atoms in total. The monoisotopic (exact) mass is 496 g/mol. The van der Waals surface area contributed by atoms with Crippen molar-refractivity contribution >= 4 is 10.9 Å². The summed E-state index contributed by atoms with van der Waals surface area (Å²) < 4.78 is 14.0. The topological polar surface area (TPSA) is 46.9 Å². The van der Waals surface area contributed by atoms with Crippen LogP contribution in [0.5, 0.6) is 17.2 Å². The molecule has 4 aromatic rings. The van der Waals surface area contributed by atoms with Gasteiger partial charge in [-0.1, -0.05) is 25.0 Å². The van der Waals surface area contributed by atoms with Crippen molar-refractivity contribution in [3.05, 3.63) is 77.4 Å². The number of hydrogen-bond acceptors (Lipinski definition) is 4. The molecule has 6 rings (SSSR count). The zero-order valence-electron chi connectivity index (χ0n) is 21.7. The Morgan fingerprint density at radius 3 is 2.41 bits per heavy atom. The Balaban J connectivity index is 1.25. The van der Waals surface area contributed by atoms with Gasteiger partial charge in [-0.2, -0.15) is 0 Å². The van der Waals surface area contributed by atoms with Crippen molar-refractivity contribution in [1.29, 1.82) is 0 Å². The zero-order chi connectivity index (χ0) is 25.2. The molecule has 0 atom stereocenters. The number of nitrogens with zero attached hydrogens (tertiary/aromatic N) is 2. The maximum atomic E-state index is 10.3. The second-order valence-corrected chi connectivity index (χ2v) is 10.4. The summed E-state index contributed by atoms with van der Waals surface area (Å²) >= 11 is 0. The van der Waals surface area contributed by atoms with Crippen molar-refractivity contribution in [1.82, 2.24) is 9.47 Å². The van der Waals surface area contributed by atoms with Gasteiger partial charge in [0.15, 0.2) is 0 Å². The van der Waals surface area contributed by atoms with E-state index in [-0.39, 0.29) is 0 Å². The number of methoxy groups -OCH3 is 1. The molecule has 1 N–H and O–H groups in total. The number of ether oxygens (including phenoxy) is 2. The highest BCUT2D eigenvalue weighted by Gasteiger charge is 2.25. The highest BCUT2D eigenvalue weighted by atomic mass is 16.5. The molecule has 0 unspecified atom stereocenters. The molecular formula is C32H36N2O3. The lowest BCUT2D eigenvalue weighted by molar-refractivity contribution is 0.214. The summed E-state index contributed by atoms with van der Waals surface area (Å²) in [6.07, 6.45) is 7.26. The van der Waals surface area contributed by atoms with Gasteiger partial charge >= 0.3 is 0 Å². The Hall–Kier alpha value is -3.44. The minimum absolute atomic E-state index is 0.314. The summed E-state index contributed by atoms with van der Waals surface area (Å²) in [5, 5.41) is 11.4. The van der Waals surface area contributed by atoms with Crippen molar-refractivity contribution in [2.45, 2.75) is 45.1 Å². The lowest BCUT2D eigenvalue weighted by Gasteiger charge is -2.21. The van der Waals surface area contributed by atoms with Gasteiger partial charge in [0.2, 0.25) is 0 Å². The van der Waals surface area contributed by atoms with E-state index in [1.54, 1.807) is 13.2 Å². The molecule has 0 amide bonds. The fourth-order valence-electron chi connectivity index (χ4n) is 6.06. The van der Waals surface area contributed by atoms with Crippen molar-refractivity contribution in [3.63, 3.8) is 0 Å². The lowest BCUT2D eigenvalue weighted by Crippen LogP contribution is -2.29. The van der Waals surface area contributed by atoms with Crippen LogP contribution in [-0.2, 0) is 19.4 Å². The summed E-state index contributed by atoms with van der Waals surface area (Å²) in [6.45, 7) is 4.89. The van der Waals surface area contributed by atoms with Gasteiger partial charge in [-0.05, 0) is 104 Å². The average molecular weight is 497 g/mol. The Bertz CT molecular complexity index is 1380. The lowest BCUT2D eigenvalue weighted by atomic mass is 9.88. The first-order valence-electron chi connectivity index (χ1n) is 13.6. The first-order chi connectivity index (χ1) is 18.2. The molecule has 2 heterocycles.